The molecule has 2 rings (SSSR count). The van der Waals surface area contributed by atoms with Gasteiger partial charge < -0.3 is 0 Å². The van der Waals surface area contributed by atoms with Crippen LogP contribution in [-0.2, 0) is 0 Å². The van der Waals surface area contributed by atoms with Crippen LogP contribution in [0.5, 0.6) is 5.75 Å². The molecule has 2 aromatic carbocycles. The quantitative estimate of drug-likeness (QED) is 0.603. The van der Waals surface area contributed by atoms with Gasteiger partial charge in [0.2, 0.25) is 0 Å². The monoisotopic (exact) mass is 355 g/mol. The van der Waals surface area contributed by atoms with Gasteiger partial charge in [-0.2, -0.15) is 0 Å². The average molecular weight is 353 g/mol. The number of nitrogens with zero attached hydrogens (tertiary/aromatic N) is 1. The first-order valence-corrected chi connectivity index (χ1v) is 11.0. The molecule has 0 heterocycles. The molecule has 0 fully saturated rings. The molecule has 2 nitrogen and oxygen atoms in total. The molecule has 84 valence electrons. The summed E-state index contributed by atoms with van der Waals surface area (Å²) >= 11 is 1.01. The molecular weight excluding hydrogens is 344 g/mol. The van der Waals surface area contributed by atoms with Crippen molar-refractivity contribution in [3.63, 3.8) is 0 Å². The first kappa shape index (κ1) is 12.2. The summed E-state index contributed by atoms with van der Waals surface area (Å²) in [6.45, 7) is 0. The Bertz CT molecular complexity index is 505. The number of rotatable bonds is 4. The third kappa shape index (κ3) is 3.93. The zero-order valence-corrected chi connectivity index (χ0v) is 12.3. The number of hydrogen-bond donors (Lipinski definition) is 0. The molecule has 0 unspecified atom stereocenters. The van der Waals surface area contributed by atoms with Crippen LogP contribution in [0, 0.1) is 11.5 Å². The van der Waals surface area contributed by atoms with Crippen molar-refractivity contribution in [1.29, 1.82) is 5.26 Å². The zero-order valence-electron chi connectivity index (χ0n) is 8.87. The maximum atomic E-state index is 8.38. The van der Waals surface area contributed by atoms with Crippen molar-refractivity contribution >= 4 is 35.2 Å². The molecule has 17 heavy (non-hydrogen) atoms. The third-order valence-corrected chi connectivity index (χ3v) is 9.19. The van der Waals surface area contributed by atoms with Crippen molar-refractivity contribution in [3.05, 3.63) is 54.6 Å². The summed E-state index contributed by atoms with van der Waals surface area (Å²) in [6.07, 6.45) is 1.67. The van der Waals surface area contributed by atoms with Crippen molar-refractivity contribution in [1.82, 2.24) is 0 Å². The van der Waals surface area contributed by atoms with Crippen LogP contribution in [0.4, 0.5) is 0 Å². The molecule has 0 saturated heterocycles. The molecule has 0 spiro atoms. The predicted octanol–water partition coefficient (Wildman–Crippen LogP) is 0.821. The summed E-state index contributed by atoms with van der Waals surface area (Å²) in [6, 6.07) is 18.3. The summed E-state index contributed by atoms with van der Waals surface area (Å²) in [4.78, 5) is 0. The van der Waals surface area contributed by atoms with Gasteiger partial charge in [-0.05, 0) is 0 Å². The van der Waals surface area contributed by atoms with Crippen LogP contribution in [-0.4, -0.2) is 26.3 Å². The molecule has 0 radical (unpaired) electrons. The van der Waals surface area contributed by atoms with E-state index in [9.17, 15) is 0 Å². The molecular formula is C13H9NOSe2. The van der Waals surface area contributed by atoms with Crippen LogP contribution >= 0.6 is 0 Å². The van der Waals surface area contributed by atoms with E-state index in [2.05, 4.69) is 24.3 Å². The Morgan fingerprint density at radius 1 is 0.824 bits per heavy atom. The van der Waals surface area contributed by atoms with Gasteiger partial charge in [0, 0.05) is 0 Å². The van der Waals surface area contributed by atoms with Gasteiger partial charge in [-0.3, -0.25) is 0 Å². The molecule has 0 aliphatic carbocycles. The molecule has 2 aromatic rings. The summed E-state index contributed by atoms with van der Waals surface area (Å²) in [7, 11) is 0. The Labute approximate surface area is 111 Å². The Hall–Kier alpha value is -1.23. The van der Waals surface area contributed by atoms with Gasteiger partial charge in [0.05, 0.1) is 0 Å². The van der Waals surface area contributed by atoms with Crippen molar-refractivity contribution in [3.8, 4) is 12.0 Å². The minimum atomic E-state index is 0.486. The van der Waals surface area contributed by atoms with Gasteiger partial charge in [-0.15, -0.1) is 0 Å². The van der Waals surface area contributed by atoms with Gasteiger partial charge in [-0.25, -0.2) is 0 Å². The van der Waals surface area contributed by atoms with Crippen LogP contribution in [0.1, 0.15) is 0 Å². The van der Waals surface area contributed by atoms with Crippen LogP contribution in [0.15, 0.2) is 54.6 Å². The van der Waals surface area contributed by atoms with Gasteiger partial charge in [0.15, 0.2) is 0 Å². The molecule has 0 bridgehead atoms. The standard InChI is InChI=1S/C13H9NOSe2/c14-10-15-11-6-8-13(9-7-11)17-16-12-4-2-1-3-5-12/h1-9H. The third-order valence-electron chi connectivity index (χ3n) is 1.96. The van der Waals surface area contributed by atoms with Gasteiger partial charge in [0.25, 0.3) is 0 Å². The molecule has 0 aromatic heterocycles. The van der Waals surface area contributed by atoms with E-state index in [4.69, 9.17) is 10.00 Å². The Balaban J connectivity index is 1.94. The Morgan fingerprint density at radius 3 is 2.00 bits per heavy atom. The summed E-state index contributed by atoms with van der Waals surface area (Å²) in [5.74, 6) is 0.610. The second kappa shape index (κ2) is 6.49. The molecule has 0 atom stereocenters. The second-order valence-corrected chi connectivity index (χ2v) is 9.46. The Kier molecular flexibility index (Phi) is 4.67. The van der Waals surface area contributed by atoms with Crippen molar-refractivity contribution in [2.45, 2.75) is 0 Å². The molecule has 0 aliphatic rings. The average Bonchev–Trinajstić information content (AvgIpc) is 2.40. The van der Waals surface area contributed by atoms with E-state index in [1.165, 1.54) is 8.92 Å². The summed E-state index contributed by atoms with van der Waals surface area (Å²) < 4.78 is 7.51. The van der Waals surface area contributed by atoms with Crippen LogP contribution in [0.2, 0.25) is 0 Å². The van der Waals surface area contributed by atoms with E-state index in [-0.39, 0.29) is 0 Å². The molecule has 0 amide bonds. The van der Waals surface area contributed by atoms with Crippen LogP contribution in [0.25, 0.3) is 0 Å². The van der Waals surface area contributed by atoms with E-state index in [1.54, 1.807) is 6.26 Å². The SMILES string of the molecule is N#COc1ccc([Se][Se]c2ccccc2)cc1. The number of nitriles is 1. The summed E-state index contributed by atoms with van der Waals surface area (Å²) in [5, 5.41) is 8.38. The number of hydrogen-bond acceptors (Lipinski definition) is 2. The fourth-order valence-corrected chi connectivity index (χ4v) is 7.19. The number of ether oxygens (including phenoxy) is 1. The van der Waals surface area contributed by atoms with Gasteiger partial charge in [0.1, 0.15) is 0 Å². The van der Waals surface area contributed by atoms with Crippen LogP contribution in [0.3, 0.4) is 0 Å². The molecule has 4 heteroatoms. The van der Waals surface area contributed by atoms with E-state index in [0.29, 0.717) is 32.0 Å². The van der Waals surface area contributed by atoms with E-state index < -0.39 is 0 Å². The van der Waals surface area contributed by atoms with E-state index >= 15 is 0 Å². The van der Waals surface area contributed by atoms with Crippen molar-refractivity contribution in [2.24, 2.45) is 0 Å². The molecule has 0 saturated carbocycles. The van der Waals surface area contributed by atoms with Crippen LogP contribution < -0.4 is 13.7 Å². The van der Waals surface area contributed by atoms with Crippen molar-refractivity contribution < 1.29 is 4.74 Å². The predicted molar refractivity (Wildman–Crippen MR) is 69.9 cm³/mol. The normalized spacial score (nSPS) is 9.59. The van der Waals surface area contributed by atoms with Gasteiger partial charge >= 0.3 is 112 Å². The van der Waals surface area contributed by atoms with E-state index in [0.717, 1.165) is 0 Å². The first-order valence-electron chi connectivity index (χ1n) is 4.94. The fourth-order valence-electron chi connectivity index (χ4n) is 1.19. The molecule has 0 N–H and O–H groups in total. The molecule has 0 aliphatic heterocycles. The first-order chi connectivity index (χ1) is 8.38. The topological polar surface area (TPSA) is 33.0 Å². The fraction of sp³-hybridized carbons (Fsp3) is 0. The van der Waals surface area contributed by atoms with Gasteiger partial charge in [-0.1, -0.05) is 0 Å². The number of benzene rings is 2. The second-order valence-electron chi connectivity index (χ2n) is 3.14. The minimum absolute atomic E-state index is 0.486. The van der Waals surface area contributed by atoms with E-state index in [1.807, 2.05) is 30.3 Å². The summed E-state index contributed by atoms with van der Waals surface area (Å²) in [5.41, 5.74) is 0. The zero-order chi connectivity index (χ0) is 11.9. The maximum absolute atomic E-state index is 8.38. The van der Waals surface area contributed by atoms with Crippen molar-refractivity contribution in [2.75, 3.05) is 0 Å². The Morgan fingerprint density at radius 2 is 1.41 bits per heavy atom.